The molecular formula is C18H38N4O2. The van der Waals surface area contributed by atoms with Crippen molar-refractivity contribution in [3.63, 3.8) is 0 Å². The minimum atomic E-state index is 0.127. The summed E-state index contributed by atoms with van der Waals surface area (Å²) in [6.07, 6.45) is 1.11. The summed E-state index contributed by atoms with van der Waals surface area (Å²) in [7, 11) is 1.91. The average molecular weight is 343 g/mol. The van der Waals surface area contributed by atoms with Crippen LogP contribution in [-0.4, -0.2) is 74.1 Å². The Morgan fingerprint density at radius 1 is 1.17 bits per heavy atom. The predicted molar refractivity (Wildman–Crippen MR) is 101 cm³/mol. The lowest BCUT2D eigenvalue weighted by molar-refractivity contribution is -0.131. The molecule has 24 heavy (non-hydrogen) atoms. The van der Waals surface area contributed by atoms with E-state index in [0.29, 0.717) is 19.0 Å². The second-order valence-electron chi connectivity index (χ2n) is 6.18. The lowest BCUT2D eigenvalue weighted by Gasteiger charge is -2.26. The lowest BCUT2D eigenvalue weighted by atomic mass is 10.0. The molecule has 0 aliphatic rings. The third kappa shape index (κ3) is 8.52. The van der Waals surface area contributed by atoms with Gasteiger partial charge in [-0.3, -0.25) is 9.79 Å². The van der Waals surface area contributed by atoms with E-state index in [-0.39, 0.29) is 12.0 Å². The van der Waals surface area contributed by atoms with E-state index in [1.165, 1.54) is 0 Å². The second-order valence-corrected chi connectivity index (χ2v) is 6.18. The van der Waals surface area contributed by atoms with Crippen LogP contribution in [0.3, 0.4) is 0 Å². The number of amides is 1. The molecule has 0 heterocycles. The standard InChI is InChI=1S/C18H38N4O2/c1-8-19-18(20-13-12-16(15(5)6)24-11-4)21(7)14-17(23)22(9-2)10-3/h15-16H,8-14H2,1-7H3,(H,19,20). The Morgan fingerprint density at radius 3 is 2.25 bits per heavy atom. The average Bonchev–Trinajstić information content (AvgIpc) is 2.53. The zero-order chi connectivity index (χ0) is 18.5. The van der Waals surface area contributed by atoms with E-state index in [1.807, 2.05) is 44.5 Å². The molecule has 1 unspecified atom stereocenters. The number of nitrogens with one attached hydrogen (secondary N) is 1. The maximum Gasteiger partial charge on any atom is 0.242 e. The summed E-state index contributed by atoms with van der Waals surface area (Å²) in [5.41, 5.74) is 0. The molecular weight excluding hydrogens is 304 g/mol. The predicted octanol–water partition coefficient (Wildman–Crippen LogP) is 2.20. The third-order valence-corrected chi connectivity index (χ3v) is 3.98. The molecule has 0 rings (SSSR count). The first-order valence-corrected chi connectivity index (χ1v) is 9.29. The van der Waals surface area contributed by atoms with Crippen LogP contribution in [0.5, 0.6) is 0 Å². The molecule has 0 aliphatic carbocycles. The van der Waals surface area contributed by atoms with Gasteiger partial charge in [-0.15, -0.1) is 0 Å². The number of rotatable bonds is 11. The number of hydrogen-bond donors (Lipinski definition) is 1. The topological polar surface area (TPSA) is 57.2 Å². The minimum absolute atomic E-state index is 0.127. The van der Waals surface area contributed by atoms with Crippen molar-refractivity contribution in [1.82, 2.24) is 15.1 Å². The van der Waals surface area contributed by atoms with Gasteiger partial charge in [-0.05, 0) is 40.0 Å². The van der Waals surface area contributed by atoms with Crippen LogP contribution in [0.25, 0.3) is 0 Å². The van der Waals surface area contributed by atoms with E-state index in [2.05, 4.69) is 24.2 Å². The second kappa shape index (κ2) is 13.0. The van der Waals surface area contributed by atoms with Crippen molar-refractivity contribution >= 4 is 11.9 Å². The smallest absolute Gasteiger partial charge is 0.242 e. The molecule has 6 nitrogen and oxygen atoms in total. The zero-order valence-electron chi connectivity index (χ0n) is 16.8. The van der Waals surface area contributed by atoms with Crippen LogP contribution in [-0.2, 0) is 9.53 Å². The van der Waals surface area contributed by atoms with E-state index >= 15 is 0 Å². The third-order valence-electron chi connectivity index (χ3n) is 3.98. The minimum Gasteiger partial charge on any atom is -0.378 e. The quantitative estimate of drug-likeness (QED) is 0.462. The summed E-state index contributed by atoms with van der Waals surface area (Å²) in [6, 6.07) is 0. The van der Waals surface area contributed by atoms with Crippen LogP contribution >= 0.6 is 0 Å². The largest absolute Gasteiger partial charge is 0.378 e. The van der Waals surface area contributed by atoms with Gasteiger partial charge in [0, 0.05) is 39.8 Å². The molecule has 0 aromatic heterocycles. The highest BCUT2D eigenvalue weighted by Gasteiger charge is 2.16. The van der Waals surface area contributed by atoms with Gasteiger partial charge in [-0.1, -0.05) is 13.8 Å². The van der Waals surface area contributed by atoms with E-state index < -0.39 is 0 Å². The first-order valence-electron chi connectivity index (χ1n) is 9.29. The first kappa shape index (κ1) is 22.7. The number of likely N-dealkylation sites (N-methyl/N-ethyl adjacent to an activating group) is 2. The summed E-state index contributed by atoms with van der Waals surface area (Å²) in [5.74, 6) is 1.38. The summed E-state index contributed by atoms with van der Waals surface area (Å²) < 4.78 is 5.77. The van der Waals surface area contributed by atoms with E-state index in [4.69, 9.17) is 4.74 Å². The van der Waals surface area contributed by atoms with E-state index in [9.17, 15) is 4.79 Å². The fourth-order valence-electron chi connectivity index (χ4n) is 2.54. The fourth-order valence-corrected chi connectivity index (χ4v) is 2.54. The number of ether oxygens (including phenoxy) is 1. The summed E-state index contributed by atoms with van der Waals surface area (Å²) in [5, 5.41) is 3.26. The van der Waals surface area contributed by atoms with Gasteiger partial charge in [-0.25, -0.2) is 0 Å². The van der Waals surface area contributed by atoms with Crippen molar-refractivity contribution in [3.05, 3.63) is 0 Å². The van der Waals surface area contributed by atoms with Gasteiger partial charge >= 0.3 is 0 Å². The van der Waals surface area contributed by atoms with Gasteiger partial charge in [0.15, 0.2) is 5.96 Å². The zero-order valence-corrected chi connectivity index (χ0v) is 16.8. The monoisotopic (exact) mass is 342 g/mol. The van der Waals surface area contributed by atoms with Crippen molar-refractivity contribution in [1.29, 1.82) is 0 Å². The summed E-state index contributed by atoms with van der Waals surface area (Å²) >= 11 is 0. The van der Waals surface area contributed by atoms with Crippen LogP contribution in [0.2, 0.25) is 0 Å². The SMILES string of the molecule is CCNC(=NCCC(OCC)C(C)C)N(C)CC(=O)N(CC)CC. The highest BCUT2D eigenvalue weighted by molar-refractivity contribution is 5.86. The first-order chi connectivity index (χ1) is 11.4. The molecule has 0 bridgehead atoms. The van der Waals surface area contributed by atoms with Crippen LogP contribution in [0, 0.1) is 5.92 Å². The number of nitrogens with zero attached hydrogens (tertiary/aromatic N) is 3. The molecule has 0 aromatic rings. The molecule has 0 aromatic carbocycles. The number of carbonyl (C=O) groups excluding carboxylic acids is 1. The molecule has 0 aliphatic heterocycles. The molecule has 0 saturated heterocycles. The summed E-state index contributed by atoms with van der Waals surface area (Å²) in [6.45, 7) is 16.4. The number of carbonyl (C=O) groups is 1. The molecule has 6 heteroatoms. The highest BCUT2D eigenvalue weighted by atomic mass is 16.5. The lowest BCUT2D eigenvalue weighted by Crippen LogP contribution is -2.45. The van der Waals surface area contributed by atoms with Gasteiger partial charge in [0.2, 0.25) is 5.91 Å². The maximum absolute atomic E-state index is 12.3. The number of hydrogen-bond acceptors (Lipinski definition) is 3. The van der Waals surface area contributed by atoms with Gasteiger partial charge in [0.25, 0.3) is 0 Å². The Kier molecular flexibility index (Phi) is 12.3. The van der Waals surface area contributed by atoms with Gasteiger partial charge in [0.05, 0.1) is 12.6 Å². The molecule has 142 valence electrons. The van der Waals surface area contributed by atoms with Crippen molar-refractivity contribution < 1.29 is 9.53 Å². The number of aliphatic imine (C=N–C) groups is 1. The molecule has 0 radical (unpaired) electrons. The van der Waals surface area contributed by atoms with Crippen molar-refractivity contribution in [2.75, 3.05) is 46.4 Å². The Balaban J connectivity index is 4.72. The van der Waals surface area contributed by atoms with Gasteiger partial charge in [-0.2, -0.15) is 0 Å². The van der Waals surface area contributed by atoms with Crippen molar-refractivity contribution in [2.24, 2.45) is 10.9 Å². The van der Waals surface area contributed by atoms with Crippen molar-refractivity contribution in [2.45, 2.75) is 54.1 Å². The van der Waals surface area contributed by atoms with Crippen LogP contribution < -0.4 is 5.32 Å². The van der Waals surface area contributed by atoms with Gasteiger partial charge < -0.3 is 19.9 Å². The Hall–Kier alpha value is -1.30. The maximum atomic E-state index is 12.3. The van der Waals surface area contributed by atoms with Crippen LogP contribution in [0.15, 0.2) is 4.99 Å². The highest BCUT2D eigenvalue weighted by Crippen LogP contribution is 2.10. The molecule has 1 atom stereocenters. The Morgan fingerprint density at radius 2 is 1.79 bits per heavy atom. The Bertz CT molecular complexity index is 368. The molecule has 1 amide bonds. The Labute approximate surface area is 148 Å². The van der Waals surface area contributed by atoms with Crippen LogP contribution in [0.4, 0.5) is 0 Å². The van der Waals surface area contributed by atoms with Gasteiger partial charge in [0.1, 0.15) is 0 Å². The fraction of sp³-hybridized carbons (Fsp3) is 0.889. The van der Waals surface area contributed by atoms with Crippen LogP contribution in [0.1, 0.15) is 48.0 Å². The van der Waals surface area contributed by atoms with E-state index in [0.717, 1.165) is 38.6 Å². The molecule has 1 N–H and O–H groups in total. The van der Waals surface area contributed by atoms with Crippen molar-refractivity contribution in [3.8, 4) is 0 Å². The molecule has 0 saturated carbocycles. The summed E-state index contributed by atoms with van der Waals surface area (Å²) in [4.78, 5) is 20.7. The number of guanidine groups is 1. The normalized spacial score (nSPS) is 13.1. The van der Waals surface area contributed by atoms with E-state index in [1.54, 1.807) is 0 Å². The molecule has 0 fully saturated rings. The molecule has 0 spiro atoms.